The summed E-state index contributed by atoms with van der Waals surface area (Å²) in [7, 11) is 0. The van der Waals surface area contributed by atoms with Crippen LogP contribution in [0.4, 0.5) is 0 Å². The molecule has 11 aromatic rings. The summed E-state index contributed by atoms with van der Waals surface area (Å²) < 4.78 is 6.99. The molecule has 0 aliphatic rings. The minimum atomic E-state index is 0.558. The summed E-state index contributed by atoms with van der Waals surface area (Å²) in [5, 5.41) is 27.5. The lowest BCUT2D eigenvalue weighted by Crippen LogP contribution is -2.04. The molecule has 0 spiro atoms. The fourth-order valence-corrected chi connectivity index (χ4v) is 8.88. The van der Waals surface area contributed by atoms with Gasteiger partial charge in [-0.3, -0.25) is 0 Å². The molecule has 0 aliphatic carbocycles. The highest BCUT2D eigenvalue weighted by Gasteiger charge is 2.24. The predicted octanol–water partition coefficient (Wildman–Crippen LogP) is 12.4. The first-order chi connectivity index (χ1) is 27.2. The fourth-order valence-electron chi connectivity index (χ4n) is 8.88. The number of nitriles is 2. The van der Waals surface area contributed by atoms with Crippen LogP contribution in [0.3, 0.4) is 0 Å². The molecule has 0 saturated heterocycles. The number of fused-ring (bicyclic) bond motifs is 9. The molecule has 254 valence electrons. The van der Waals surface area contributed by atoms with Gasteiger partial charge in [-0.05, 0) is 60.7 Å². The highest BCUT2D eigenvalue weighted by molar-refractivity contribution is 6.16. The highest BCUT2D eigenvalue weighted by atomic mass is 15.1. The van der Waals surface area contributed by atoms with Crippen molar-refractivity contribution in [3.63, 3.8) is 0 Å². The Morgan fingerprint density at radius 3 is 1.40 bits per heavy atom. The zero-order chi connectivity index (χ0) is 36.6. The van der Waals surface area contributed by atoms with Crippen LogP contribution in [0.15, 0.2) is 176 Å². The van der Waals surface area contributed by atoms with E-state index in [1.54, 1.807) is 0 Å². The average Bonchev–Trinajstić information content (AvgIpc) is 3.89. The van der Waals surface area contributed by atoms with Crippen molar-refractivity contribution in [1.29, 1.82) is 10.5 Å². The molecule has 3 aromatic heterocycles. The molecule has 0 aliphatic heterocycles. The van der Waals surface area contributed by atoms with E-state index in [9.17, 15) is 10.5 Å². The Bertz CT molecular complexity index is 3420. The summed E-state index contributed by atoms with van der Waals surface area (Å²) in [5.74, 6) is 0. The van der Waals surface area contributed by atoms with Crippen LogP contribution in [0.25, 0.3) is 93.6 Å². The van der Waals surface area contributed by atoms with Gasteiger partial charge in [0, 0.05) is 43.4 Å². The van der Waals surface area contributed by atoms with Crippen LogP contribution in [0, 0.1) is 22.7 Å². The smallest absolute Gasteiger partial charge is 0.101 e. The van der Waals surface area contributed by atoms with Gasteiger partial charge in [-0.25, -0.2) is 0 Å². The van der Waals surface area contributed by atoms with Crippen molar-refractivity contribution in [2.75, 3.05) is 0 Å². The van der Waals surface area contributed by atoms with Crippen LogP contribution in [0.1, 0.15) is 11.1 Å². The zero-order valence-corrected chi connectivity index (χ0v) is 29.5. The van der Waals surface area contributed by atoms with Crippen LogP contribution in [0.2, 0.25) is 0 Å². The van der Waals surface area contributed by atoms with E-state index in [0.717, 1.165) is 82.8 Å². The van der Waals surface area contributed by atoms with Crippen LogP contribution >= 0.6 is 0 Å². The van der Waals surface area contributed by atoms with Gasteiger partial charge in [-0.15, -0.1) is 0 Å². The van der Waals surface area contributed by atoms with Gasteiger partial charge < -0.3 is 13.7 Å². The third kappa shape index (κ3) is 4.33. The number of rotatable bonds is 4. The lowest BCUT2D eigenvalue weighted by molar-refractivity contribution is 1.13. The van der Waals surface area contributed by atoms with E-state index < -0.39 is 0 Å². The second kappa shape index (κ2) is 11.8. The number of nitrogens with zero attached hydrogens (tertiary/aromatic N) is 5. The van der Waals surface area contributed by atoms with Gasteiger partial charge in [0.05, 0.1) is 67.4 Å². The van der Waals surface area contributed by atoms with Crippen LogP contribution in [-0.2, 0) is 0 Å². The topological polar surface area (TPSA) is 62.4 Å². The molecule has 0 amide bonds. The van der Waals surface area contributed by atoms with Crippen LogP contribution < -0.4 is 0 Å². The van der Waals surface area contributed by atoms with Gasteiger partial charge in [-0.2, -0.15) is 10.5 Å². The quantitative estimate of drug-likeness (QED) is 0.184. The second-order valence-electron chi connectivity index (χ2n) is 13.9. The SMILES string of the molecule is N#Cc1ccc(-n2c3ccccc3c3cccc(C#N)c32)c(-c2ccccc2-n2c3ccccc3c3cccc(-n4c5ccccc5c5ccccc54)c32)c1. The van der Waals surface area contributed by atoms with Gasteiger partial charge in [0.1, 0.15) is 6.07 Å². The molecule has 5 nitrogen and oxygen atoms in total. The monoisotopic (exact) mass is 699 g/mol. The fraction of sp³-hybridized carbons (Fsp3) is 0. The van der Waals surface area contributed by atoms with E-state index >= 15 is 0 Å². The van der Waals surface area contributed by atoms with Crippen molar-refractivity contribution in [1.82, 2.24) is 13.7 Å². The van der Waals surface area contributed by atoms with Crippen LogP contribution in [0.5, 0.6) is 0 Å². The molecule has 5 heteroatoms. The Kier molecular flexibility index (Phi) is 6.61. The number of benzene rings is 8. The van der Waals surface area contributed by atoms with Crippen molar-refractivity contribution in [3.05, 3.63) is 187 Å². The third-order valence-corrected chi connectivity index (χ3v) is 11.1. The molecule has 55 heavy (non-hydrogen) atoms. The first kappa shape index (κ1) is 30.7. The second-order valence-corrected chi connectivity index (χ2v) is 13.9. The summed E-state index contributed by atoms with van der Waals surface area (Å²) in [6.45, 7) is 0. The maximum atomic E-state index is 10.4. The lowest BCUT2D eigenvalue weighted by Gasteiger charge is -2.20. The molecule has 0 atom stereocenters. The van der Waals surface area contributed by atoms with Crippen molar-refractivity contribution in [2.45, 2.75) is 0 Å². The average molecular weight is 700 g/mol. The normalized spacial score (nSPS) is 11.6. The molecule has 0 unspecified atom stereocenters. The molecule has 3 heterocycles. The zero-order valence-electron chi connectivity index (χ0n) is 29.5. The number of aromatic nitrogens is 3. The Morgan fingerprint density at radius 1 is 0.327 bits per heavy atom. The summed E-state index contributed by atoms with van der Waals surface area (Å²) >= 11 is 0. The molecule has 8 aromatic carbocycles. The number of hydrogen-bond acceptors (Lipinski definition) is 2. The lowest BCUT2D eigenvalue weighted by atomic mass is 9.98. The molecule has 0 N–H and O–H groups in total. The molecule has 0 fully saturated rings. The minimum Gasteiger partial charge on any atom is -0.307 e. The van der Waals surface area contributed by atoms with E-state index in [2.05, 4.69) is 159 Å². The first-order valence-electron chi connectivity index (χ1n) is 18.3. The van der Waals surface area contributed by atoms with Gasteiger partial charge >= 0.3 is 0 Å². The maximum absolute atomic E-state index is 10.4. The van der Waals surface area contributed by atoms with Crippen molar-refractivity contribution in [2.24, 2.45) is 0 Å². The number of hydrogen-bond donors (Lipinski definition) is 0. The minimum absolute atomic E-state index is 0.558. The van der Waals surface area contributed by atoms with Crippen molar-refractivity contribution < 1.29 is 0 Å². The summed E-state index contributed by atoms with van der Waals surface area (Å²) in [4.78, 5) is 0. The summed E-state index contributed by atoms with van der Waals surface area (Å²) in [6, 6.07) is 65.9. The first-order valence-corrected chi connectivity index (χ1v) is 18.3. The Balaban J connectivity index is 1.28. The Morgan fingerprint density at radius 2 is 0.782 bits per heavy atom. The van der Waals surface area contributed by atoms with E-state index in [1.807, 2.05) is 42.5 Å². The van der Waals surface area contributed by atoms with Gasteiger partial charge in [0.25, 0.3) is 0 Å². The van der Waals surface area contributed by atoms with Crippen LogP contribution in [-0.4, -0.2) is 13.7 Å². The molecular formula is C50H29N5. The molecule has 0 bridgehead atoms. The summed E-state index contributed by atoms with van der Waals surface area (Å²) in [6.07, 6.45) is 0. The maximum Gasteiger partial charge on any atom is 0.101 e. The predicted molar refractivity (Wildman–Crippen MR) is 224 cm³/mol. The Labute approximate surface area is 316 Å². The van der Waals surface area contributed by atoms with E-state index in [1.165, 1.54) is 10.8 Å². The summed E-state index contributed by atoms with van der Waals surface area (Å²) in [5.41, 5.74) is 12.3. The van der Waals surface area contributed by atoms with E-state index in [4.69, 9.17) is 0 Å². The Hall–Kier alpha value is -7.86. The molecule has 0 saturated carbocycles. The molecule has 0 radical (unpaired) electrons. The van der Waals surface area contributed by atoms with E-state index in [0.29, 0.717) is 11.1 Å². The van der Waals surface area contributed by atoms with Crippen molar-refractivity contribution in [3.8, 4) is 40.3 Å². The molecule has 11 rings (SSSR count). The largest absolute Gasteiger partial charge is 0.307 e. The number of para-hydroxylation sites is 7. The van der Waals surface area contributed by atoms with Gasteiger partial charge in [0.15, 0.2) is 0 Å². The van der Waals surface area contributed by atoms with E-state index in [-0.39, 0.29) is 0 Å². The standard InChI is InChI=1S/C50H29N5/c51-30-32-27-28-47(54-44-23-8-3-16-36(44)39-19-11-13-33(31-52)49(39)54)41(29-32)38-18-5-10-25-46(38)55-45-24-9-4-17-37(45)40-20-12-26-48(50(40)55)53-42-21-6-1-14-34(42)35-15-2-7-22-43(35)53/h1-29H. The highest BCUT2D eigenvalue weighted by Crippen LogP contribution is 2.44. The van der Waals surface area contributed by atoms with Gasteiger partial charge in [-0.1, -0.05) is 115 Å². The third-order valence-electron chi connectivity index (χ3n) is 11.1. The van der Waals surface area contributed by atoms with Gasteiger partial charge in [0.2, 0.25) is 0 Å². The molecular weight excluding hydrogens is 671 g/mol. The van der Waals surface area contributed by atoms with Crippen molar-refractivity contribution >= 4 is 65.4 Å².